The number of aliphatic hydroxyl groups excluding tert-OH is 1. The minimum Gasteiger partial charge on any atom is -0.409 e. The summed E-state index contributed by atoms with van der Waals surface area (Å²) in [5, 5.41) is 21.3. The molecule has 2 heterocycles. The molecule has 6 heteroatoms. The normalized spacial score (nSPS) is 25.5. The van der Waals surface area contributed by atoms with Gasteiger partial charge in [0.1, 0.15) is 5.69 Å². The van der Waals surface area contributed by atoms with E-state index in [1.165, 1.54) is 0 Å². The van der Waals surface area contributed by atoms with Gasteiger partial charge in [0.25, 0.3) is 0 Å². The maximum atomic E-state index is 9.71. The number of nitrogens with two attached hydrogens (primary N) is 1. The van der Waals surface area contributed by atoms with Crippen LogP contribution in [0.3, 0.4) is 0 Å². The van der Waals surface area contributed by atoms with E-state index in [4.69, 9.17) is 10.9 Å². The largest absolute Gasteiger partial charge is 0.409 e. The Balaban J connectivity index is 2.03. The molecule has 0 radical (unpaired) electrons. The Morgan fingerprint density at radius 2 is 2.42 bits per heavy atom. The zero-order chi connectivity index (χ0) is 13.8. The van der Waals surface area contributed by atoms with Crippen LogP contribution in [0.15, 0.2) is 23.5 Å². The molecule has 1 fully saturated rings. The first kappa shape index (κ1) is 13.8. The summed E-state index contributed by atoms with van der Waals surface area (Å²) in [4.78, 5) is 6.35. The molecule has 6 nitrogen and oxygen atoms in total. The number of pyridine rings is 1. The van der Waals surface area contributed by atoms with Gasteiger partial charge in [-0.05, 0) is 30.0 Å². The van der Waals surface area contributed by atoms with Crippen LogP contribution in [0.1, 0.15) is 24.6 Å². The minimum absolute atomic E-state index is 0.0179. The molecule has 0 amide bonds. The third-order valence-electron chi connectivity index (χ3n) is 3.54. The Kier molecular flexibility index (Phi) is 4.34. The molecule has 0 spiro atoms. The topological polar surface area (TPSA) is 95.0 Å². The van der Waals surface area contributed by atoms with Crippen molar-refractivity contribution in [3.05, 3.63) is 29.6 Å². The molecule has 0 aliphatic carbocycles. The standard InChI is InChI=1S/C13H20N4O2/c1-9-7-17(5-3-12(9)18)8-10-2-4-15-11(6-10)13(14)16-19/h2,4,6,9,12,18-19H,3,5,7-8H2,1H3,(H2,14,16). The Hall–Kier alpha value is -1.66. The summed E-state index contributed by atoms with van der Waals surface area (Å²) in [6, 6.07) is 3.74. The van der Waals surface area contributed by atoms with Gasteiger partial charge in [0.2, 0.25) is 0 Å². The zero-order valence-electron chi connectivity index (χ0n) is 11.0. The Labute approximate surface area is 112 Å². The van der Waals surface area contributed by atoms with Crippen LogP contribution in [0, 0.1) is 5.92 Å². The molecular weight excluding hydrogens is 244 g/mol. The average Bonchev–Trinajstić information content (AvgIpc) is 2.42. The highest BCUT2D eigenvalue weighted by atomic mass is 16.4. The molecule has 0 aromatic carbocycles. The molecule has 1 aromatic heterocycles. The van der Waals surface area contributed by atoms with Crippen molar-refractivity contribution in [3.8, 4) is 0 Å². The van der Waals surface area contributed by atoms with Crippen LogP contribution in [0.5, 0.6) is 0 Å². The van der Waals surface area contributed by atoms with Crippen molar-refractivity contribution < 1.29 is 10.3 Å². The van der Waals surface area contributed by atoms with Crippen LogP contribution >= 0.6 is 0 Å². The van der Waals surface area contributed by atoms with E-state index in [9.17, 15) is 5.11 Å². The number of aromatic nitrogens is 1. The Bertz CT molecular complexity index is 464. The van der Waals surface area contributed by atoms with Crippen molar-refractivity contribution in [2.75, 3.05) is 13.1 Å². The summed E-state index contributed by atoms with van der Waals surface area (Å²) in [6.07, 6.45) is 2.27. The number of piperidine rings is 1. The van der Waals surface area contributed by atoms with Gasteiger partial charge in [-0.2, -0.15) is 0 Å². The second-order valence-corrected chi connectivity index (χ2v) is 5.10. The predicted molar refractivity (Wildman–Crippen MR) is 71.8 cm³/mol. The lowest BCUT2D eigenvalue weighted by Gasteiger charge is -2.34. The molecule has 2 rings (SSSR count). The molecule has 0 saturated carbocycles. The van der Waals surface area contributed by atoms with Gasteiger partial charge in [-0.1, -0.05) is 12.1 Å². The maximum Gasteiger partial charge on any atom is 0.188 e. The van der Waals surface area contributed by atoms with E-state index in [1.807, 2.05) is 12.1 Å². The summed E-state index contributed by atoms with van der Waals surface area (Å²) >= 11 is 0. The highest BCUT2D eigenvalue weighted by molar-refractivity contribution is 5.95. The first-order valence-electron chi connectivity index (χ1n) is 6.43. The quantitative estimate of drug-likeness (QED) is 0.317. The lowest BCUT2D eigenvalue weighted by Crippen LogP contribution is -2.41. The smallest absolute Gasteiger partial charge is 0.188 e. The number of aliphatic hydroxyl groups is 1. The van der Waals surface area contributed by atoms with Crippen LogP contribution < -0.4 is 5.73 Å². The van der Waals surface area contributed by atoms with Crippen LogP contribution in [-0.2, 0) is 6.54 Å². The molecule has 2 unspecified atom stereocenters. The fourth-order valence-corrected chi connectivity index (χ4v) is 2.39. The summed E-state index contributed by atoms with van der Waals surface area (Å²) < 4.78 is 0. The number of oxime groups is 1. The third-order valence-corrected chi connectivity index (χ3v) is 3.54. The molecule has 1 saturated heterocycles. The first-order valence-corrected chi connectivity index (χ1v) is 6.43. The third kappa shape index (κ3) is 3.42. The Morgan fingerprint density at radius 1 is 1.63 bits per heavy atom. The number of nitrogens with zero attached hydrogens (tertiary/aromatic N) is 3. The summed E-state index contributed by atoms with van der Waals surface area (Å²) in [5.41, 5.74) is 7.07. The summed E-state index contributed by atoms with van der Waals surface area (Å²) in [5.74, 6) is 0.309. The summed E-state index contributed by atoms with van der Waals surface area (Å²) in [6.45, 7) is 4.60. The van der Waals surface area contributed by atoms with Gasteiger partial charge in [0.15, 0.2) is 5.84 Å². The molecule has 4 N–H and O–H groups in total. The molecule has 19 heavy (non-hydrogen) atoms. The van der Waals surface area contributed by atoms with E-state index in [-0.39, 0.29) is 11.9 Å². The highest BCUT2D eigenvalue weighted by Gasteiger charge is 2.24. The molecule has 1 aliphatic rings. The van der Waals surface area contributed by atoms with Crippen molar-refractivity contribution in [2.24, 2.45) is 16.8 Å². The van der Waals surface area contributed by atoms with Gasteiger partial charge in [-0.3, -0.25) is 9.88 Å². The van der Waals surface area contributed by atoms with E-state index >= 15 is 0 Å². The maximum absolute atomic E-state index is 9.71. The number of likely N-dealkylation sites (tertiary alicyclic amines) is 1. The highest BCUT2D eigenvalue weighted by Crippen LogP contribution is 2.18. The Morgan fingerprint density at radius 3 is 3.11 bits per heavy atom. The van der Waals surface area contributed by atoms with Crippen molar-refractivity contribution >= 4 is 5.84 Å². The van der Waals surface area contributed by atoms with E-state index in [2.05, 4.69) is 22.0 Å². The average molecular weight is 264 g/mol. The van der Waals surface area contributed by atoms with E-state index in [0.29, 0.717) is 11.6 Å². The van der Waals surface area contributed by atoms with Crippen LogP contribution in [-0.4, -0.2) is 45.2 Å². The number of hydrogen-bond acceptors (Lipinski definition) is 5. The van der Waals surface area contributed by atoms with Gasteiger partial charge >= 0.3 is 0 Å². The molecule has 1 aromatic rings. The van der Waals surface area contributed by atoms with Gasteiger partial charge < -0.3 is 16.0 Å². The molecule has 1 aliphatic heterocycles. The first-order chi connectivity index (χ1) is 9.10. The van der Waals surface area contributed by atoms with Crippen molar-refractivity contribution in [1.82, 2.24) is 9.88 Å². The predicted octanol–water partition coefficient (Wildman–Crippen LogP) is 0.379. The fourth-order valence-electron chi connectivity index (χ4n) is 2.39. The number of rotatable bonds is 3. The SMILES string of the molecule is CC1CN(Cc2ccnc(/C(N)=N/O)c2)CCC1O. The molecule has 0 bridgehead atoms. The lowest BCUT2D eigenvalue weighted by atomic mass is 9.96. The lowest BCUT2D eigenvalue weighted by molar-refractivity contribution is 0.0320. The van der Waals surface area contributed by atoms with Crippen molar-refractivity contribution in [3.63, 3.8) is 0 Å². The number of amidine groups is 1. The zero-order valence-corrected chi connectivity index (χ0v) is 11.0. The monoisotopic (exact) mass is 264 g/mol. The van der Waals surface area contributed by atoms with Crippen molar-refractivity contribution in [2.45, 2.75) is 26.0 Å². The van der Waals surface area contributed by atoms with Crippen molar-refractivity contribution in [1.29, 1.82) is 0 Å². The number of hydrogen-bond donors (Lipinski definition) is 3. The van der Waals surface area contributed by atoms with E-state index in [1.54, 1.807) is 6.20 Å². The van der Waals surface area contributed by atoms with Crippen LogP contribution in [0.2, 0.25) is 0 Å². The molecule has 104 valence electrons. The van der Waals surface area contributed by atoms with E-state index < -0.39 is 0 Å². The van der Waals surface area contributed by atoms with Crippen LogP contribution in [0.4, 0.5) is 0 Å². The molecule has 2 atom stereocenters. The van der Waals surface area contributed by atoms with Gasteiger partial charge in [-0.15, -0.1) is 0 Å². The van der Waals surface area contributed by atoms with Gasteiger partial charge in [0.05, 0.1) is 6.10 Å². The fraction of sp³-hybridized carbons (Fsp3) is 0.538. The molecular formula is C13H20N4O2. The summed E-state index contributed by atoms with van der Waals surface area (Å²) in [7, 11) is 0. The van der Waals surface area contributed by atoms with E-state index in [0.717, 1.165) is 31.6 Å². The van der Waals surface area contributed by atoms with Gasteiger partial charge in [0, 0.05) is 25.8 Å². The van der Waals surface area contributed by atoms with Crippen LogP contribution in [0.25, 0.3) is 0 Å². The van der Waals surface area contributed by atoms with Gasteiger partial charge in [-0.25, -0.2) is 0 Å². The minimum atomic E-state index is -0.193. The second kappa shape index (κ2) is 5.99. The second-order valence-electron chi connectivity index (χ2n) is 5.10.